The number of cyclic esters (lactones) is 2. The van der Waals surface area contributed by atoms with Crippen LogP contribution in [0.15, 0.2) is 0 Å². The van der Waals surface area contributed by atoms with Gasteiger partial charge < -0.3 is 23.7 Å². The van der Waals surface area contributed by atoms with Crippen molar-refractivity contribution in [2.45, 2.75) is 26.1 Å². The molecule has 0 aliphatic carbocycles. The first-order valence-corrected chi connectivity index (χ1v) is 8.43. The van der Waals surface area contributed by atoms with Crippen LogP contribution in [0.5, 0.6) is 0 Å². The lowest BCUT2D eigenvalue weighted by Crippen LogP contribution is -2.27. The number of rotatable bonds is 0. The lowest BCUT2D eigenvalue weighted by molar-refractivity contribution is -0.143. The Labute approximate surface area is 134 Å². The van der Waals surface area contributed by atoms with Crippen molar-refractivity contribution >= 4 is 23.7 Å². The average molecular weight is 336 g/mol. The predicted molar refractivity (Wildman–Crippen MR) is 80.9 cm³/mol. The largest absolute Gasteiger partial charge is 0.463 e. The topological polar surface area (TPSA) is 80.3 Å². The molecule has 8 heteroatoms. The molecular formula is C14H24O7S. The van der Waals surface area contributed by atoms with E-state index in [1.165, 1.54) is 0 Å². The normalized spacial score (nSPS) is 28.1. The van der Waals surface area contributed by atoms with E-state index in [1.54, 1.807) is 0 Å². The standard InChI is InChI=1S/C14H24O7S/c1-11-7-17-3-5-19-13(15)9-22-10-14(16)20-6-4-18-8-12(2)21-11/h11-12H,3-10H2,1-2H3. The van der Waals surface area contributed by atoms with E-state index in [1.807, 2.05) is 13.8 Å². The molecule has 0 spiro atoms. The molecule has 0 amide bonds. The molecule has 1 heterocycles. The Hall–Kier alpha value is -0.830. The van der Waals surface area contributed by atoms with Gasteiger partial charge in [0, 0.05) is 0 Å². The summed E-state index contributed by atoms with van der Waals surface area (Å²) >= 11 is 1.16. The van der Waals surface area contributed by atoms with Crippen LogP contribution in [0.4, 0.5) is 0 Å². The van der Waals surface area contributed by atoms with Gasteiger partial charge in [0.2, 0.25) is 0 Å². The third-order valence-electron chi connectivity index (χ3n) is 2.59. The zero-order valence-corrected chi connectivity index (χ0v) is 13.9. The average Bonchev–Trinajstić information content (AvgIpc) is 2.45. The minimum atomic E-state index is -0.372. The van der Waals surface area contributed by atoms with E-state index in [0.29, 0.717) is 26.4 Å². The van der Waals surface area contributed by atoms with Gasteiger partial charge in [-0.15, -0.1) is 11.8 Å². The first-order chi connectivity index (χ1) is 10.6. The van der Waals surface area contributed by atoms with Crippen molar-refractivity contribution in [3.8, 4) is 0 Å². The van der Waals surface area contributed by atoms with Crippen molar-refractivity contribution in [3.05, 3.63) is 0 Å². The van der Waals surface area contributed by atoms with Gasteiger partial charge in [0.15, 0.2) is 0 Å². The van der Waals surface area contributed by atoms with E-state index in [9.17, 15) is 9.59 Å². The molecule has 0 aromatic rings. The van der Waals surface area contributed by atoms with Gasteiger partial charge in [-0.2, -0.15) is 0 Å². The predicted octanol–water partition coefficient (Wildman–Crippen LogP) is 0.646. The third-order valence-corrected chi connectivity index (χ3v) is 3.47. The van der Waals surface area contributed by atoms with Crippen molar-refractivity contribution in [2.75, 3.05) is 51.1 Å². The molecule has 128 valence electrons. The molecule has 0 N–H and O–H groups in total. The summed E-state index contributed by atoms with van der Waals surface area (Å²) in [6.07, 6.45) is -0.164. The van der Waals surface area contributed by atoms with Gasteiger partial charge >= 0.3 is 11.9 Å². The summed E-state index contributed by atoms with van der Waals surface area (Å²) in [4.78, 5) is 22.8. The van der Waals surface area contributed by atoms with E-state index >= 15 is 0 Å². The highest BCUT2D eigenvalue weighted by Gasteiger charge is 2.11. The van der Waals surface area contributed by atoms with Crippen molar-refractivity contribution in [2.24, 2.45) is 0 Å². The summed E-state index contributed by atoms with van der Waals surface area (Å²) in [5.41, 5.74) is 0. The fourth-order valence-corrected chi connectivity index (χ4v) is 2.31. The molecule has 2 unspecified atom stereocenters. The fraction of sp³-hybridized carbons (Fsp3) is 0.857. The summed E-state index contributed by atoms with van der Waals surface area (Å²) < 4.78 is 26.4. The molecule has 0 aromatic heterocycles. The number of carbonyl (C=O) groups excluding carboxylic acids is 2. The second-order valence-corrected chi connectivity index (χ2v) is 5.83. The fourth-order valence-electron chi connectivity index (χ4n) is 1.70. The van der Waals surface area contributed by atoms with Gasteiger partial charge in [0.25, 0.3) is 0 Å². The van der Waals surface area contributed by atoms with Gasteiger partial charge in [0.05, 0.1) is 50.1 Å². The number of hydrogen-bond donors (Lipinski definition) is 0. The van der Waals surface area contributed by atoms with Gasteiger partial charge in [-0.25, -0.2) is 0 Å². The molecule has 22 heavy (non-hydrogen) atoms. The van der Waals surface area contributed by atoms with Crippen LogP contribution in [0.25, 0.3) is 0 Å². The maximum absolute atomic E-state index is 11.4. The molecule has 1 saturated heterocycles. The maximum atomic E-state index is 11.4. The maximum Gasteiger partial charge on any atom is 0.315 e. The SMILES string of the molecule is CC1COCCOC(=O)CSCC(=O)OCCOCC(C)O1. The first-order valence-electron chi connectivity index (χ1n) is 7.28. The molecule has 7 nitrogen and oxygen atoms in total. The van der Waals surface area contributed by atoms with Crippen molar-refractivity contribution < 1.29 is 33.3 Å². The van der Waals surface area contributed by atoms with E-state index < -0.39 is 0 Å². The quantitative estimate of drug-likeness (QED) is 0.597. The van der Waals surface area contributed by atoms with Gasteiger partial charge in [-0.05, 0) is 13.8 Å². The number of ether oxygens (including phenoxy) is 5. The third kappa shape index (κ3) is 9.99. The summed E-state index contributed by atoms with van der Waals surface area (Å²) in [6, 6.07) is 0. The van der Waals surface area contributed by atoms with E-state index in [2.05, 4.69) is 0 Å². The van der Waals surface area contributed by atoms with Crippen LogP contribution in [0.2, 0.25) is 0 Å². The number of carbonyl (C=O) groups is 2. The van der Waals surface area contributed by atoms with E-state index in [-0.39, 0.29) is 48.9 Å². The summed E-state index contributed by atoms with van der Waals surface area (Å²) in [5, 5.41) is 0. The molecule has 1 aliphatic rings. The van der Waals surface area contributed by atoms with Gasteiger partial charge in [-0.1, -0.05) is 0 Å². The van der Waals surface area contributed by atoms with E-state index in [0.717, 1.165) is 11.8 Å². The lowest BCUT2D eigenvalue weighted by Gasteiger charge is -2.19. The highest BCUT2D eigenvalue weighted by molar-refractivity contribution is 8.00. The Morgan fingerprint density at radius 3 is 1.73 bits per heavy atom. The lowest BCUT2D eigenvalue weighted by atomic mass is 10.4. The molecule has 2 atom stereocenters. The second-order valence-electron chi connectivity index (χ2n) is 4.84. The van der Waals surface area contributed by atoms with Crippen LogP contribution in [0, 0.1) is 0 Å². The molecule has 1 aliphatic heterocycles. The van der Waals surface area contributed by atoms with Crippen LogP contribution < -0.4 is 0 Å². The number of esters is 2. The van der Waals surface area contributed by atoms with Crippen LogP contribution >= 0.6 is 11.8 Å². The summed E-state index contributed by atoms with van der Waals surface area (Å²) in [6.45, 7) is 5.67. The second kappa shape index (κ2) is 11.7. The number of thioether (sulfide) groups is 1. The Morgan fingerprint density at radius 1 is 0.818 bits per heavy atom. The van der Waals surface area contributed by atoms with Gasteiger partial charge in [-0.3, -0.25) is 9.59 Å². The summed E-state index contributed by atoms with van der Waals surface area (Å²) in [7, 11) is 0. The highest BCUT2D eigenvalue weighted by Crippen LogP contribution is 2.03. The number of hydrogen-bond acceptors (Lipinski definition) is 8. The minimum absolute atomic E-state index is 0.0819. The van der Waals surface area contributed by atoms with Crippen LogP contribution in [-0.2, 0) is 33.3 Å². The smallest absolute Gasteiger partial charge is 0.315 e. The highest BCUT2D eigenvalue weighted by atomic mass is 32.2. The Balaban J connectivity index is 2.35. The molecule has 0 bridgehead atoms. The molecule has 0 aromatic carbocycles. The molecule has 0 radical (unpaired) electrons. The zero-order chi connectivity index (χ0) is 16.2. The van der Waals surface area contributed by atoms with Crippen LogP contribution in [0.1, 0.15) is 13.8 Å². The van der Waals surface area contributed by atoms with E-state index in [4.69, 9.17) is 23.7 Å². The molecular weight excluding hydrogens is 312 g/mol. The van der Waals surface area contributed by atoms with Crippen molar-refractivity contribution in [1.29, 1.82) is 0 Å². The monoisotopic (exact) mass is 336 g/mol. The Bertz CT molecular complexity index is 307. The molecule has 1 rings (SSSR count). The Morgan fingerprint density at radius 2 is 1.27 bits per heavy atom. The van der Waals surface area contributed by atoms with Crippen LogP contribution in [-0.4, -0.2) is 75.3 Å². The van der Waals surface area contributed by atoms with Crippen molar-refractivity contribution in [1.82, 2.24) is 0 Å². The zero-order valence-electron chi connectivity index (χ0n) is 13.1. The van der Waals surface area contributed by atoms with Crippen molar-refractivity contribution in [3.63, 3.8) is 0 Å². The molecule has 1 fully saturated rings. The van der Waals surface area contributed by atoms with Crippen LogP contribution in [0.3, 0.4) is 0 Å². The van der Waals surface area contributed by atoms with Gasteiger partial charge in [0.1, 0.15) is 13.2 Å². The minimum Gasteiger partial charge on any atom is -0.463 e. The Kier molecular flexibility index (Phi) is 10.2. The molecule has 0 saturated carbocycles. The first kappa shape index (κ1) is 19.2. The summed E-state index contributed by atoms with van der Waals surface area (Å²) in [5.74, 6) is -0.516.